The highest BCUT2D eigenvalue weighted by molar-refractivity contribution is 6.30. The van der Waals surface area contributed by atoms with Crippen molar-refractivity contribution >= 4 is 29.0 Å². The van der Waals surface area contributed by atoms with E-state index in [0.717, 1.165) is 0 Å². The van der Waals surface area contributed by atoms with Crippen LogP contribution < -0.4 is 17.0 Å². The van der Waals surface area contributed by atoms with Crippen molar-refractivity contribution in [1.82, 2.24) is 4.98 Å². The van der Waals surface area contributed by atoms with Gasteiger partial charge in [0.1, 0.15) is 5.02 Å². The molecule has 0 atom stereocenters. The standard InChI is InChI=1S/C18H18ClN3O3/c19-14-8-9-15(22-18(14)25)13(6-1-2-7-16(20)23)11-4-3-5-12(10-11)17(21)24/h3-6,8-10H,1-2,7H2,(H2,20,23)(H2,21,24)(H,22,25)/b13-6+. The van der Waals surface area contributed by atoms with Gasteiger partial charge in [-0.2, -0.15) is 0 Å². The number of benzene rings is 1. The van der Waals surface area contributed by atoms with Crippen LogP contribution in [0.2, 0.25) is 5.02 Å². The van der Waals surface area contributed by atoms with Crippen LogP contribution in [0.15, 0.2) is 47.3 Å². The van der Waals surface area contributed by atoms with Gasteiger partial charge < -0.3 is 16.5 Å². The third-order valence-corrected chi connectivity index (χ3v) is 3.88. The zero-order chi connectivity index (χ0) is 18.4. The number of halogens is 1. The molecular weight excluding hydrogens is 342 g/mol. The minimum absolute atomic E-state index is 0.0858. The summed E-state index contributed by atoms with van der Waals surface area (Å²) in [6.45, 7) is 0. The number of aromatic amines is 1. The predicted molar refractivity (Wildman–Crippen MR) is 97.2 cm³/mol. The molecule has 0 aliphatic heterocycles. The molecule has 0 fully saturated rings. The smallest absolute Gasteiger partial charge is 0.267 e. The van der Waals surface area contributed by atoms with Crippen molar-refractivity contribution in [1.29, 1.82) is 0 Å². The number of primary amides is 2. The Kier molecular flexibility index (Phi) is 6.14. The van der Waals surface area contributed by atoms with Gasteiger partial charge in [-0.1, -0.05) is 29.8 Å². The van der Waals surface area contributed by atoms with E-state index in [2.05, 4.69) is 4.98 Å². The summed E-state index contributed by atoms with van der Waals surface area (Å²) in [5, 5.41) is 0.0858. The zero-order valence-corrected chi connectivity index (χ0v) is 14.2. The molecule has 2 aromatic rings. The van der Waals surface area contributed by atoms with Crippen molar-refractivity contribution in [2.24, 2.45) is 11.5 Å². The Labute approximate surface area is 149 Å². The number of amides is 2. The van der Waals surface area contributed by atoms with E-state index in [4.69, 9.17) is 23.1 Å². The van der Waals surface area contributed by atoms with Crippen molar-refractivity contribution < 1.29 is 9.59 Å². The van der Waals surface area contributed by atoms with Crippen molar-refractivity contribution in [2.45, 2.75) is 19.3 Å². The second-order valence-corrected chi connectivity index (χ2v) is 5.88. The fourth-order valence-electron chi connectivity index (χ4n) is 2.36. The van der Waals surface area contributed by atoms with Gasteiger partial charge in [-0.15, -0.1) is 0 Å². The molecule has 5 N–H and O–H groups in total. The van der Waals surface area contributed by atoms with Crippen LogP contribution in [0.25, 0.3) is 5.57 Å². The number of H-pyrrole nitrogens is 1. The van der Waals surface area contributed by atoms with Crippen LogP contribution in [0.4, 0.5) is 0 Å². The summed E-state index contributed by atoms with van der Waals surface area (Å²) in [5.74, 6) is -0.912. The van der Waals surface area contributed by atoms with Crippen LogP contribution in [-0.2, 0) is 4.79 Å². The van der Waals surface area contributed by atoms with Gasteiger partial charge in [0.05, 0.1) is 0 Å². The molecule has 6 nitrogen and oxygen atoms in total. The fraction of sp³-hybridized carbons (Fsp3) is 0.167. The first kappa shape index (κ1) is 18.5. The topological polar surface area (TPSA) is 119 Å². The quantitative estimate of drug-likeness (QED) is 0.657. The average Bonchev–Trinajstić information content (AvgIpc) is 2.57. The van der Waals surface area contributed by atoms with Crippen molar-refractivity contribution in [3.05, 3.63) is 74.7 Å². The Balaban J connectivity index is 2.44. The van der Waals surface area contributed by atoms with Crippen molar-refractivity contribution in [2.75, 3.05) is 0 Å². The summed E-state index contributed by atoms with van der Waals surface area (Å²) in [7, 11) is 0. The molecule has 0 bridgehead atoms. The van der Waals surface area contributed by atoms with E-state index in [-0.39, 0.29) is 17.4 Å². The number of rotatable bonds is 7. The average molecular weight is 360 g/mol. The summed E-state index contributed by atoms with van der Waals surface area (Å²) >= 11 is 5.78. The van der Waals surface area contributed by atoms with Gasteiger partial charge >= 0.3 is 0 Å². The molecule has 2 amide bonds. The number of nitrogens with one attached hydrogen (secondary N) is 1. The van der Waals surface area contributed by atoms with E-state index >= 15 is 0 Å². The molecule has 0 spiro atoms. The SMILES string of the molecule is NC(=O)CCC/C=C(\c1cccc(C(N)=O)c1)c1ccc(Cl)c(=O)[nH]1. The Hall–Kier alpha value is -2.86. The lowest BCUT2D eigenvalue weighted by molar-refractivity contribution is -0.118. The number of aromatic nitrogens is 1. The zero-order valence-electron chi connectivity index (χ0n) is 13.4. The Morgan fingerprint density at radius 3 is 2.48 bits per heavy atom. The maximum atomic E-state index is 11.8. The highest BCUT2D eigenvalue weighted by atomic mass is 35.5. The van der Waals surface area contributed by atoms with Gasteiger partial charge in [-0.25, -0.2) is 0 Å². The molecule has 1 heterocycles. The van der Waals surface area contributed by atoms with E-state index in [1.54, 1.807) is 30.3 Å². The van der Waals surface area contributed by atoms with E-state index in [1.165, 1.54) is 6.07 Å². The first-order valence-electron chi connectivity index (χ1n) is 7.66. The minimum Gasteiger partial charge on any atom is -0.370 e. The van der Waals surface area contributed by atoms with Gasteiger partial charge in [0.15, 0.2) is 0 Å². The highest BCUT2D eigenvalue weighted by Gasteiger charge is 2.10. The second-order valence-electron chi connectivity index (χ2n) is 5.47. The number of unbranched alkanes of at least 4 members (excludes halogenated alkanes) is 1. The van der Waals surface area contributed by atoms with Crippen LogP contribution in [0.5, 0.6) is 0 Å². The normalized spacial score (nSPS) is 11.3. The van der Waals surface area contributed by atoms with E-state index in [9.17, 15) is 14.4 Å². The van der Waals surface area contributed by atoms with Crippen molar-refractivity contribution in [3.63, 3.8) is 0 Å². The molecule has 7 heteroatoms. The number of carbonyl (C=O) groups is 2. The molecule has 1 aromatic heterocycles. The van der Waals surface area contributed by atoms with E-state index in [0.29, 0.717) is 35.2 Å². The summed E-state index contributed by atoms with van der Waals surface area (Å²) in [6, 6.07) is 9.96. The number of nitrogens with two attached hydrogens (primary N) is 2. The van der Waals surface area contributed by atoms with Gasteiger partial charge in [-0.3, -0.25) is 14.4 Å². The molecule has 0 saturated carbocycles. The fourth-order valence-corrected chi connectivity index (χ4v) is 2.47. The van der Waals surface area contributed by atoms with Gasteiger partial charge in [0.25, 0.3) is 5.56 Å². The first-order valence-corrected chi connectivity index (χ1v) is 8.04. The van der Waals surface area contributed by atoms with E-state index in [1.807, 2.05) is 6.08 Å². The summed E-state index contributed by atoms with van der Waals surface area (Å²) in [4.78, 5) is 36.8. The monoisotopic (exact) mass is 359 g/mol. The lowest BCUT2D eigenvalue weighted by Crippen LogP contribution is -2.12. The van der Waals surface area contributed by atoms with Crippen LogP contribution in [0.1, 0.15) is 40.9 Å². The summed E-state index contributed by atoms with van der Waals surface area (Å²) < 4.78 is 0. The number of pyridine rings is 1. The number of carbonyl (C=O) groups excluding carboxylic acids is 2. The summed E-state index contributed by atoms with van der Waals surface area (Å²) in [6.07, 6.45) is 3.29. The van der Waals surface area contributed by atoms with Crippen LogP contribution in [-0.4, -0.2) is 16.8 Å². The minimum atomic E-state index is -0.542. The highest BCUT2D eigenvalue weighted by Crippen LogP contribution is 2.24. The van der Waals surface area contributed by atoms with Crippen LogP contribution >= 0.6 is 11.6 Å². The van der Waals surface area contributed by atoms with Gasteiger partial charge in [0, 0.05) is 23.3 Å². The summed E-state index contributed by atoms with van der Waals surface area (Å²) in [5.41, 5.74) is 12.4. The molecule has 25 heavy (non-hydrogen) atoms. The lowest BCUT2D eigenvalue weighted by atomic mass is 9.98. The Morgan fingerprint density at radius 1 is 1.12 bits per heavy atom. The third kappa shape index (κ3) is 5.06. The molecule has 1 aromatic carbocycles. The Morgan fingerprint density at radius 2 is 1.84 bits per heavy atom. The molecule has 0 unspecified atom stereocenters. The largest absolute Gasteiger partial charge is 0.370 e. The molecule has 130 valence electrons. The van der Waals surface area contributed by atoms with Gasteiger partial charge in [-0.05, 0) is 42.7 Å². The van der Waals surface area contributed by atoms with Gasteiger partial charge in [0.2, 0.25) is 11.8 Å². The third-order valence-electron chi connectivity index (χ3n) is 3.59. The molecule has 0 aliphatic rings. The van der Waals surface area contributed by atoms with E-state index < -0.39 is 11.5 Å². The molecule has 0 radical (unpaired) electrons. The van der Waals surface area contributed by atoms with Crippen molar-refractivity contribution in [3.8, 4) is 0 Å². The number of hydrogen-bond acceptors (Lipinski definition) is 3. The number of hydrogen-bond donors (Lipinski definition) is 3. The van der Waals surface area contributed by atoms with Crippen LogP contribution in [0, 0.1) is 0 Å². The maximum absolute atomic E-state index is 11.8. The Bertz CT molecular complexity index is 887. The maximum Gasteiger partial charge on any atom is 0.267 e. The number of allylic oxidation sites excluding steroid dienone is 1. The molecule has 0 saturated heterocycles. The first-order chi connectivity index (χ1) is 11.9. The predicted octanol–water partition coefficient (Wildman–Crippen LogP) is 2.21. The second kappa shape index (κ2) is 8.30. The molecule has 2 rings (SSSR count). The molecule has 0 aliphatic carbocycles. The van der Waals surface area contributed by atoms with Crippen LogP contribution in [0.3, 0.4) is 0 Å². The molecular formula is C18H18ClN3O3. The lowest BCUT2D eigenvalue weighted by Gasteiger charge is -2.10.